The number of phenolic OH excluding ortho intramolecular Hbond substituents is 4. The summed E-state index contributed by atoms with van der Waals surface area (Å²) in [6.45, 7) is 0. The van der Waals surface area contributed by atoms with E-state index in [1.807, 2.05) is 0 Å². The van der Waals surface area contributed by atoms with E-state index < -0.39 is 0 Å². The Morgan fingerprint density at radius 3 is 2.32 bits per heavy atom. The molecule has 96 valence electrons. The van der Waals surface area contributed by atoms with Gasteiger partial charge in [-0.15, -0.1) is 0 Å². The lowest BCUT2D eigenvalue weighted by atomic mass is 10.1. The van der Waals surface area contributed by atoms with Crippen molar-refractivity contribution >= 4 is 10.9 Å². The Morgan fingerprint density at radius 1 is 0.737 bits per heavy atom. The molecule has 1 heterocycles. The highest BCUT2D eigenvalue weighted by atomic mass is 16.3. The van der Waals surface area contributed by atoms with Crippen LogP contribution in [0.2, 0.25) is 0 Å². The van der Waals surface area contributed by atoms with Gasteiger partial charge in [0.2, 0.25) is 0 Å². The van der Waals surface area contributed by atoms with Crippen LogP contribution in [0.15, 0.2) is 36.4 Å². The lowest BCUT2D eigenvalue weighted by molar-refractivity contribution is 0.455. The zero-order chi connectivity index (χ0) is 13.6. The van der Waals surface area contributed by atoms with Gasteiger partial charge >= 0.3 is 0 Å². The smallest absolute Gasteiger partial charge is 0.128 e. The van der Waals surface area contributed by atoms with Gasteiger partial charge < -0.3 is 25.4 Å². The fourth-order valence-corrected chi connectivity index (χ4v) is 2.09. The van der Waals surface area contributed by atoms with Crippen LogP contribution in [0.5, 0.6) is 23.0 Å². The molecule has 0 saturated heterocycles. The number of phenols is 4. The molecule has 19 heavy (non-hydrogen) atoms. The lowest BCUT2D eigenvalue weighted by Crippen LogP contribution is -1.78. The van der Waals surface area contributed by atoms with Crippen molar-refractivity contribution in [2.24, 2.45) is 0 Å². The first-order valence-corrected chi connectivity index (χ1v) is 5.61. The molecular weight excluding hydrogens is 246 g/mol. The summed E-state index contributed by atoms with van der Waals surface area (Å²) in [5, 5.41) is 38.9. The Hall–Kier alpha value is -2.82. The van der Waals surface area contributed by atoms with Crippen LogP contribution in [-0.2, 0) is 0 Å². The van der Waals surface area contributed by atoms with E-state index in [-0.39, 0.29) is 23.0 Å². The molecular formula is C14H11NO4. The van der Waals surface area contributed by atoms with Gasteiger partial charge in [0, 0.05) is 23.1 Å². The highest BCUT2D eigenvalue weighted by molar-refractivity contribution is 5.92. The Balaban J connectivity index is 2.26. The van der Waals surface area contributed by atoms with E-state index in [2.05, 4.69) is 4.98 Å². The molecule has 0 amide bonds. The molecule has 0 fully saturated rings. The van der Waals surface area contributed by atoms with Crippen molar-refractivity contribution in [3.8, 4) is 34.3 Å². The molecule has 5 nitrogen and oxygen atoms in total. The molecule has 0 spiro atoms. The third kappa shape index (κ3) is 1.81. The number of H-pyrrole nitrogens is 1. The maximum Gasteiger partial charge on any atom is 0.128 e. The average molecular weight is 257 g/mol. The van der Waals surface area contributed by atoms with Gasteiger partial charge in [-0.25, -0.2) is 0 Å². The molecule has 0 aliphatic rings. The monoisotopic (exact) mass is 257 g/mol. The molecule has 0 aliphatic carbocycles. The van der Waals surface area contributed by atoms with Gasteiger partial charge in [-0.3, -0.25) is 0 Å². The van der Waals surface area contributed by atoms with Gasteiger partial charge in [0.05, 0.1) is 11.2 Å². The normalized spacial score (nSPS) is 10.9. The summed E-state index contributed by atoms with van der Waals surface area (Å²) in [4.78, 5) is 2.97. The summed E-state index contributed by atoms with van der Waals surface area (Å²) in [7, 11) is 0. The fourth-order valence-electron chi connectivity index (χ4n) is 2.09. The summed E-state index contributed by atoms with van der Waals surface area (Å²) in [6.07, 6.45) is 0. The van der Waals surface area contributed by atoms with Crippen molar-refractivity contribution in [2.75, 3.05) is 0 Å². The molecule has 0 bridgehead atoms. The highest BCUT2D eigenvalue weighted by Crippen LogP contribution is 2.37. The molecule has 0 unspecified atom stereocenters. The molecule has 0 radical (unpaired) electrons. The molecule has 0 atom stereocenters. The summed E-state index contributed by atoms with van der Waals surface area (Å²) >= 11 is 0. The third-order valence-corrected chi connectivity index (χ3v) is 2.97. The summed E-state index contributed by atoms with van der Waals surface area (Å²) < 4.78 is 0. The molecule has 5 heteroatoms. The van der Waals surface area contributed by atoms with Gasteiger partial charge in [0.25, 0.3) is 0 Å². The van der Waals surface area contributed by atoms with Crippen molar-refractivity contribution in [2.45, 2.75) is 0 Å². The highest BCUT2D eigenvalue weighted by Gasteiger charge is 2.11. The molecule has 1 aromatic heterocycles. The zero-order valence-corrected chi connectivity index (χ0v) is 9.75. The maximum atomic E-state index is 9.79. The lowest BCUT2D eigenvalue weighted by Gasteiger charge is -2.02. The molecule has 3 rings (SSSR count). The van der Waals surface area contributed by atoms with Crippen LogP contribution in [0.4, 0.5) is 0 Å². The van der Waals surface area contributed by atoms with Gasteiger partial charge in [-0.2, -0.15) is 0 Å². The quantitative estimate of drug-likeness (QED) is 0.433. The zero-order valence-electron chi connectivity index (χ0n) is 9.75. The predicted octanol–water partition coefficient (Wildman–Crippen LogP) is 2.66. The van der Waals surface area contributed by atoms with Crippen LogP contribution in [0.25, 0.3) is 22.2 Å². The summed E-state index contributed by atoms with van der Waals surface area (Å²) in [5.41, 5.74) is 1.48. The van der Waals surface area contributed by atoms with Crippen molar-refractivity contribution < 1.29 is 20.4 Å². The SMILES string of the molecule is Oc1ccc(O)c(-c2cc3c(O)cc(O)cc3[nH]2)c1. The van der Waals surface area contributed by atoms with E-state index in [1.54, 1.807) is 6.07 Å². The van der Waals surface area contributed by atoms with Crippen molar-refractivity contribution in [3.05, 3.63) is 36.4 Å². The first kappa shape index (κ1) is 11.3. The number of fused-ring (bicyclic) bond motifs is 1. The first-order chi connectivity index (χ1) is 9.04. The second kappa shape index (κ2) is 3.84. The predicted molar refractivity (Wildman–Crippen MR) is 70.4 cm³/mol. The number of rotatable bonds is 1. The number of hydrogen-bond donors (Lipinski definition) is 5. The molecule has 2 aromatic carbocycles. The number of aromatic hydroxyl groups is 4. The van der Waals surface area contributed by atoms with E-state index in [0.29, 0.717) is 22.2 Å². The Kier molecular flexibility index (Phi) is 2.28. The van der Waals surface area contributed by atoms with Crippen molar-refractivity contribution in [1.29, 1.82) is 0 Å². The second-order valence-corrected chi connectivity index (χ2v) is 4.31. The molecule has 5 N–H and O–H groups in total. The maximum absolute atomic E-state index is 9.79. The van der Waals surface area contributed by atoms with Crippen LogP contribution >= 0.6 is 0 Å². The fraction of sp³-hybridized carbons (Fsp3) is 0. The topological polar surface area (TPSA) is 96.7 Å². The van der Waals surface area contributed by atoms with Crippen LogP contribution < -0.4 is 0 Å². The molecule has 0 aliphatic heterocycles. The van der Waals surface area contributed by atoms with Crippen molar-refractivity contribution in [1.82, 2.24) is 4.98 Å². The second-order valence-electron chi connectivity index (χ2n) is 4.31. The average Bonchev–Trinajstić information content (AvgIpc) is 2.76. The van der Waals surface area contributed by atoms with E-state index in [4.69, 9.17) is 0 Å². The number of aromatic nitrogens is 1. The van der Waals surface area contributed by atoms with Gasteiger partial charge in [0.1, 0.15) is 23.0 Å². The number of hydrogen-bond acceptors (Lipinski definition) is 4. The summed E-state index contributed by atoms with van der Waals surface area (Å²) in [6, 6.07) is 8.52. The van der Waals surface area contributed by atoms with Gasteiger partial charge in [-0.05, 0) is 24.3 Å². The van der Waals surface area contributed by atoms with Crippen LogP contribution in [0.3, 0.4) is 0 Å². The van der Waals surface area contributed by atoms with Gasteiger partial charge in [-0.1, -0.05) is 0 Å². The molecule has 3 aromatic rings. The Bertz CT molecular complexity index is 776. The van der Waals surface area contributed by atoms with Gasteiger partial charge in [0.15, 0.2) is 0 Å². The Labute approximate surface area is 108 Å². The summed E-state index contributed by atoms with van der Waals surface area (Å²) in [5.74, 6) is -0.0812. The van der Waals surface area contributed by atoms with E-state index in [0.717, 1.165) is 0 Å². The van der Waals surface area contributed by atoms with E-state index in [9.17, 15) is 20.4 Å². The third-order valence-electron chi connectivity index (χ3n) is 2.97. The standard InChI is InChI=1S/C14H11NO4/c16-7-1-2-13(18)9(3-7)12-6-10-11(15-12)4-8(17)5-14(10)19/h1-6,15-19H. The van der Waals surface area contributed by atoms with Crippen LogP contribution in [0, 0.1) is 0 Å². The molecule has 0 saturated carbocycles. The number of aromatic amines is 1. The minimum absolute atomic E-state index is 0.00747. The first-order valence-electron chi connectivity index (χ1n) is 5.61. The number of nitrogens with one attached hydrogen (secondary N) is 1. The van der Waals surface area contributed by atoms with E-state index >= 15 is 0 Å². The van der Waals surface area contributed by atoms with E-state index in [1.165, 1.54) is 30.3 Å². The minimum atomic E-state index is -0.0582. The minimum Gasteiger partial charge on any atom is -0.508 e. The van der Waals surface area contributed by atoms with Crippen LogP contribution in [-0.4, -0.2) is 25.4 Å². The van der Waals surface area contributed by atoms with Crippen LogP contribution in [0.1, 0.15) is 0 Å². The Morgan fingerprint density at radius 2 is 1.53 bits per heavy atom. The number of benzene rings is 2. The largest absolute Gasteiger partial charge is 0.508 e. The van der Waals surface area contributed by atoms with Crippen molar-refractivity contribution in [3.63, 3.8) is 0 Å².